The molecule has 0 spiro atoms. The van der Waals surface area contributed by atoms with Crippen LogP contribution in [0, 0.1) is 11.7 Å². The van der Waals surface area contributed by atoms with E-state index in [1.165, 1.54) is 25.3 Å². The van der Waals surface area contributed by atoms with Gasteiger partial charge in [0.15, 0.2) is 5.96 Å². The van der Waals surface area contributed by atoms with E-state index in [0.717, 1.165) is 37.0 Å². The zero-order valence-corrected chi connectivity index (χ0v) is 14.2. The lowest BCUT2D eigenvalue weighted by atomic mass is 10.1. The fraction of sp³-hybridized carbons (Fsp3) is 0.533. The highest BCUT2D eigenvalue weighted by molar-refractivity contribution is 14.0. The quantitative estimate of drug-likeness (QED) is 0.445. The smallest absolute Gasteiger partial charge is 0.190 e. The van der Waals surface area contributed by atoms with Gasteiger partial charge in [-0.25, -0.2) is 4.39 Å². The number of aliphatic imine (C=N–C) groups is 1. The molecule has 0 saturated heterocycles. The second-order valence-electron chi connectivity index (χ2n) is 5.04. The SMILES string of the molecule is CN=C(NCCc1cccc(F)c1)NCCC1CC1.I. The minimum Gasteiger partial charge on any atom is -0.356 e. The number of hydrogen-bond donors (Lipinski definition) is 2. The van der Waals surface area contributed by atoms with E-state index in [1.54, 1.807) is 19.2 Å². The van der Waals surface area contributed by atoms with E-state index in [9.17, 15) is 4.39 Å². The summed E-state index contributed by atoms with van der Waals surface area (Å²) in [6.07, 6.45) is 4.78. The Labute approximate surface area is 137 Å². The summed E-state index contributed by atoms with van der Waals surface area (Å²) < 4.78 is 13.0. The van der Waals surface area contributed by atoms with E-state index in [2.05, 4.69) is 15.6 Å². The maximum Gasteiger partial charge on any atom is 0.190 e. The monoisotopic (exact) mass is 391 g/mol. The molecule has 1 aromatic rings. The number of nitrogens with zero attached hydrogens (tertiary/aromatic N) is 1. The Bertz CT molecular complexity index is 433. The van der Waals surface area contributed by atoms with Crippen LogP contribution in [-0.2, 0) is 6.42 Å². The van der Waals surface area contributed by atoms with Crippen LogP contribution in [0.25, 0.3) is 0 Å². The average Bonchev–Trinajstić information content (AvgIpc) is 3.21. The van der Waals surface area contributed by atoms with Crippen LogP contribution in [0.3, 0.4) is 0 Å². The summed E-state index contributed by atoms with van der Waals surface area (Å²) in [5.74, 6) is 1.58. The van der Waals surface area contributed by atoms with Crippen molar-refractivity contribution < 1.29 is 4.39 Å². The predicted molar refractivity (Wildman–Crippen MR) is 92.2 cm³/mol. The van der Waals surface area contributed by atoms with Gasteiger partial charge in [0.25, 0.3) is 0 Å². The van der Waals surface area contributed by atoms with Crippen LogP contribution in [0.2, 0.25) is 0 Å². The Kier molecular flexibility index (Phi) is 7.87. The van der Waals surface area contributed by atoms with Crippen LogP contribution in [0.5, 0.6) is 0 Å². The van der Waals surface area contributed by atoms with Gasteiger partial charge in [-0.2, -0.15) is 0 Å². The highest BCUT2D eigenvalue weighted by Gasteiger charge is 2.20. The van der Waals surface area contributed by atoms with E-state index < -0.39 is 0 Å². The van der Waals surface area contributed by atoms with Crippen LogP contribution in [0.4, 0.5) is 4.39 Å². The van der Waals surface area contributed by atoms with E-state index >= 15 is 0 Å². The highest BCUT2D eigenvalue weighted by Crippen LogP contribution is 2.31. The minimum atomic E-state index is -0.176. The van der Waals surface area contributed by atoms with Gasteiger partial charge in [0.05, 0.1) is 0 Å². The third-order valence-corrected chi connectivity index (χ3v) is 3.36. The van der Waals surface area contributed by atoms with E-state index in [1.807, 2.05) is 6.07 Å². The molecular weight excluding hydrogens is 368 g/mol. The molecule has 0 unspecified atom stereocenters. The lowest BCUT2D eigenvalue weighted by molar-refractivity contribution is 0.625. The predicted octanol–water partition coefficient (Wildman–Crippen LogP) is 2.95. The molecule has 1 aliphatic rings. The molecule has 1 fully saturated rings. The Morgan fingerprint density at radius 1 is 1.30 bits per heavy atom. The maximum atomic E-state index is 13.0. The van der Waals surface area contributed by atoms with Crippen molar-refractivity contribution in [3.8, 4) is 0 Å². The van der Waals surface area contributed by atoms with Crippen LogP contribution in [0.15, 0.2) is 29.3 Å². The second-order valence-corrected chi connectivity index (χ2v) is 5.04. The standard InChI is InChI=1S/C15H22FN3.HI/c1-17-15(18-9-7-12-5-6-12)19-10-8-13-3-2-4-14(16)11-13;/h2-4,11-12H,5-10H2,1H3,(H2,17,18,19);1H. The summed E-state index contributed by atoms with van der Waals surface area (Å²) in [4.78, 5) is 4.17. The zero-order valence-electron chi connectivity index (χ0n) is 11.9. The van der Waals surface area contributed by atoms with Gasteiger partial charge in [-0.05, 0) is 36.5 Å². The molecule has 0 aromatic heterocycles. The summed E-state index contributed by atoms with van der Waals surface area (Å²) >= 11 is 0. The van der Waals surface area contributed by atoms with Crippen molar-refractivity contribution in [2.24, 2.45) is 10.9 Å². The molecule has 1 aromatic carbocycles. The van der Waals surface area contributed by atoms with Gasteiger partial charge in [0.2, 0.25) is 0 Å². The third kappa shape index (κ3) is 6.54. The first kappa shape index (κ1) is 17.2. The summed E-state index contributed by atoms with van der Waals surface area (Å²) in [5.41, 5.74) is 1.00. The first-order chi connectivity index (χ1) is 9.28. The topological polar surface area (TPSA) is 36.4 Å². The molecule has 5 heteroatoms. The second kappa shape index (κ2) is 9.15. The van der Waals surface area contributed by atoms with Gasteiger partial charge >= 0.3 is 0 Å². The minimum absolute atomic E-state index is 0. The van der Waals surface area contributed by atoms with Gasteiger partial charge in [-0.15, -0.1) is 24.0 Å². The van der Waals surface area contributed by atoms with Crippen LogP contribution in [-0.4, -0.2) is 26.1 Å². The first-order valence-corrected chi connectivity index (χ1v) is 6.97. The van der Waals surface area contributed by atoms with Crippen molar-refractivity contribution in [2.45, 2.75) is 25.7 Å². The van der Waals surface area contributed by atoms with Gasteiger partial charge in [0.1, 0.15) is 5.82 Å². The van der Waals surface area contributed by atoms with E-state index in [-0.39, 0.29) is 29.8 Å². The molecule has 2 N–H and O–H groups in total. The molecule has 1 aliphatic carbocycles. The van der Waals surface area contributed by atoms with Crippen LogP contribution in [0.1, 0.15) is 24.8 Å². The number of guanidine groups is 1. The molecule has 0 aliphatic heterocycles. The molecule has 2 rings (SSSR count). The Balaban J connectivity index is 0.00000200. The van der Waals surface area contributed by atoms with Crippen LogP contribution < -0.4 is 10.6 Å². The molecular formula is C15H23FIN3. The molecule has 0 bridgehead atoms. The van der Waals surface area contributed by atoms with Crippen molar-refractivity contribution in [3.05, 3.63) is 35.6 Å². The Morgan fingerprint density at radius 3 is 2.70 bits per heavy atom. The van der Waals surface area contributed by atoms with Crippen molar-refractivity contribution >= 4 is 29.9 Å². The molecule has 3 nitrogen and oxygen atoms in total. The summed E-state index contributed by atoms with van der Waals surface area (Å²) in [6, 6.07) is 6.72. The van der Waals surface area contributed by atoms with E-state index in [0.29, 0.717) is 0 Å². The summed E-state index contributed by atoms with van der Waals surface area (Å²) in [6.45, 7) is 1.73. The number of halogens is 2. The summed E-state index contributed by atoms with van der Waals surface area (Å²) in [5, 5.41) is 6.55. The number of hydrogen-bond acceptors (Lipinski definition) is 1. The normalized spacial score (nSPS) is 14.6. The van der Waals surface area contributed by atoms with Crippen molar-refractivity contribution in [1.82, 2.24) is 10.6 Å². The molecule has 20 heavy (non-hydrogen) atoms. The average molecular weight is 391 g/mol. The third-order valence-electron chi connectivity index (χ3n) is 3.36. The number of benzene rings is 1. The van der Waals surface area contributed by atoms with Gasteiger partial charge in [-0.3, -0.25) is 4.99 Å². The lowest BCUT2D eigenvalue weighted by Crippen LogP contribution is -2.38. The molecule has 0 heterocycles. The fourth-order valence-corrected chi connectivity index (χ4v) is 2.04. The highest BCUT2D eigenvalue weighted by atomic mass is 127. The van der Waals surface area contributed by atoms with Gasteiger partial charge in [-0.1, -0.05) is 25.0 Å². The molecule has 0 radical (unpaired) electrons. The Hall–Kier alpha value is -0.850. The first-order valence-electron chi connectivity index (χ1n) is 6.97. The van der Waals surface area contributed by atoms with Crippen molar-refractivity contribution in [2.75, 3.05) is 20.1 Å². The van der Waals surface area contributed by atoms with Gasteiger partial charge in [0, 0.05) is 20.1 Å². The van der Waals surface area contributed by atoms with Crippen molar-refractivity contribution in [3.63, 3.8) is 0 Å². The van der Waals surface area contributed by atoms with Crippen molar-refractivity contribution in [1.29, 1.82) is 0 Å². The van der Waals surface area contributed by atoms with Crippen LogP contribution >= 0.6 is 24.0 Å². The number of rotatable bonds is 6. The molecule has 1 saturated carbocycles. The maximum absolute atomic E-state index is 13.0. The lowest BCUT2D eigenvalue weighted by Gasteiger charge is -2.11. The molecule has 112 valence electrons. The summed E-state index contributed by atoms with van der Waals surface area (Å²) in [7, 11) is 1.77. The molecule has 0 atom stereocenters. The largest absolute Gasteiger partial charge is 0.356 e. The Morgan fingerprint density at radius 2 is 2.05 bits per heavy atom. The number of nitrogens with one attached hydrogen (secondary N) is 2. The van der Waals surface area contributed by atoms with Gasteiger partial charge < -0.3 is 10.6 Å². The van der Waals surface area contributed by atoms with E-state index in [4.69, 9.17) is 0 Å². The fourth-order valence-electron chi connectivity index (χ4n) is 2.04. The molecule has 0 amide bonds. The zero-order chi connectivity index (χ0) is 13.5.